The van der Waals surface area contributed by atoms with Crippen LogP contribution in [-0.4, -0.2) is 27.6 Å². The van der Waals surface area contributed by atoms with Crippen LogP contribution in [-0.2, 0) is 17.9 Å². The second-order valence-corrected chi connectivity index (χ2v) is 5.42. The Kier molecular flexibility index (Phi) is 4.19. The van der Waals surface area contributed by atoms with Crippen molar-refractivity contribution in [2.45, 2.75) is 13.1 Å². The van der Waals surface area contributed by atoms with E-state index in [4.69, 9.17) is 0 Å². The first-order valence-electron chi connectivity index (χ1n) is 7.38. The summed E-state index contributed by atoms with van der Waals surface area (Å²) < 4.78 is 1.57. The molecular weight excluding hydrogens is 290 g/mol. The van der Waals surface area contributed by atoms with E-state index in [1.165, 1.54) is 6.20 Å². The number of carbonyl (C=O) groups is 1. The number of rotatable bonds is 4. The molecule has 0 aliphatic heterocycles. The highest BCUT2D eigenvalue weighted by atomic mass is 16.2. The molecule has 0 saturated heterocycles. The number of carbonyl (C=O) groups excluding carboxylic acids is 1. The van der Waals surface area contributed by atoms with Crippen molar-refractivity contribution >= 4 is 16.8 Å². The normalized spacial score (nSPS) is 10.7. The summed E-state index contributed by atoms with van der Waals surface area (Å²) in [6.45, 7) is 0.641. The minimum atomic E-state index is -0.137. The summed E-state index contributed by atoms with van der Waals surface area (Å²) in [4.78, 5) is 25.9. The molecule has 0 atom stereocenters. The highest BCUT2D eigenvalue weighted by molar-refractivity contribution is 5.81. The molecule has 0 aliphatic carbocycles. The molecule has 0 saturated carbocycles. The van der Waals surface area contributed by atoms with Gasteiger partial charge in [0, 0.05) is 19.0 Å². The Balaban J connectivity index is 1.80. The van der Waals surface area contributed by atoms with Crippen molar-refractivity contribution in [2.24, 2.45) is 0 Å². The molecule has 0 aliphatic rings. The average molecular weight is 307 g/mol. The zero-order chi connectivity index (χ0) is 16.2. The van der Waals surface area contributed by atoms with Gasteiger partial charge in [-0.25, -0.2) is 0 Å². The van der Waals surface area contributed by atoms with Crippen LogP contribution in [0.25, 0.3) is 10.9 Å². The van der Waals surface area contributed by atoms with Gasteiger partial charge in [-0.3, -0.25) is 14.3 Å². The fourth-order valence-electron chi connectivity index (χ4n) is 2.48. The van der Waals surface area contributed by atoms with Crippen LogP contribution in [0.5, 0.6) is 0 Å². The van der Waals surface area contributed by atoms with E-state index in [9.17, 15) is 9.59 Å². The predicted octanol–water partition coefficient (Wildman–Crippen LogP) is 2.06. The molecule has 0 fully saturated rings. The van der Waals surface area contributed by atoms with E-state index >= 15 is 0 Å². The number of amides is 1. The number of hydrogen-bond acceptors (Lipinski definition) is 3. The van der Waals surface area contributed by atoms with Gasteiger partial charge in [0.25, 0.3) is 0 Å². The van der Waals surface area contributed by atoms with Gasteiger partial charge >= 0.3 is 0 Å². The van der Waals surface area contributed by atoms with Crippen LogP contribution < -0.4 is 5.43 Å². The Hall–Kier alpha value is -2.95. The lowest BCUT2D eigenvalue weighted by atomic mass is 10.2. The second kappa shape index (κ2) is 6.44. The van der Waals surface area contributed by atoms with Crippen molar-refractivity contribution < 1.29 is 4.79 Å². The fourth-order valence-corrected chi connectivity index (χ4v) is 2.48. The molecule has 3 aromatic rings. The van der Waals surface area contributed by atoms with Gasteiger partial charge in [0.05, 0.1) is 11.7 Å². The van der Waals surface area contributed by atoms with Gasteiger partial charge < -0.3 is 4.90 Å². The average Bonchev–Trinajstić information content (AvgIpc) is 2.58. The van der Waals surface area contributed by atoms with Gasteiger partial charge in [0.15, 0.2) is 0 Å². The largest absolute Gasteiger partial charge is 0.340 e. The molecule has 116 valence electrons. The summed E-state index contributed by atoms with van der Waals surface area (Å²) in [7, 11) is 1.76. The van der Waals surface area contributed by atoms with Crippen LogP contribution in [0.1, 0.15) is 5.56 Å². The number of nitrogens with zero attached hydrogens (tertiary/aromatic N) is 3. The predicted molar refractivity (Wildman–Crippen MR) is 88.9 cm³/mol. The molecular formula is C18H17N3O2. The first-order valence-corrected chi connectivity index (χ1v) is 7.38. The molecule has 1 amide bonds. The monoisotopic (exact) mass is 307 g/mol. The molecule has 1 aromatic heterocycles. The summed E-state index contributed by atoms with van der Waals surface area (Å²) in [6.07, 6.45) is 1.26. The number of para-hydroxylation sites is 1. The SMILES string of the molecule is CN(Cc1ccccc1)C(=O)Cn1ncc(=O)c2ccccc21. The quantitative estimate of drug-likeness (QED) is 0.741. The lowest BCUT2D eigenvalue weighted by Crippen LogP contribution is -2.31. The van der Waals surface area contributed by atoms with Gasteiger partial charge in [-0.1, -0.05) is 42.5 Å². The summed E-state index contributed by atoms with van der Waals surface area (Å²) in [5.41, 5.74) is 1.60. The molecule has 5 heteroatoms. The van der Waals surface area contributed by atoms with Gasteiger partial charge in [-0.15, -0.1) is 0 Å². The molecule has 3 rings (SSSR count). The number of benzene rings is 2. The van der Waals surface area contributed by atoms with Crippen molar-refractivity contribution in [3.05, 3.63) is 76.6 Å². The van der Waals surface area contributed by atoms with Crippen molar-refractivity contribution in [2.75, 3.05) is 7.05 Å². The third kappa shape index (κ3) is 3.29. The second-order valence-electron chi connectivity index (χ2n) is 5.42. The minimum absolute atomic E-state index is 0.0600. The van der Waals surface area contributed by atoms with E-state index in [-0.39, 0.29) is 17.9 Å². The number of fused-ring (bicyclic) bond motifs is 1. The van der Waals surface area contributed by atoms with Crippen molar-refractivity contribution in [1.29, 1.82) is 0 Å². The van der Waals surface area contributed by atoms with E-state index < -0.39 is 0 Å². The molecule has 23 heavy (non-hydrogen) atoms. The van der Waals surface area contributed by atoms with Gasteiger partial charge in [0.2, 0.25) is 11.3 Å². The number of aromatic nitrogens is 2. The standard InChI is InChI=1S/C18H17N3O2/c1-20(12-14-7-3-2-4-8-14)18(23)13-21-16-10-6-5-9-15(16)17(22)11-19-21/h2-11H,12-13H2,1H3. The van der Waals surface area contributed by atoms with Crippen molar-refractivity contribution in [1.82, 2.24) is 14.7 Å². The van der Waals surface area contributed by atoms with Crippen LogP contribution in [0.3, 0.4) is 0 Å². The lowest BCUT2D eigenvalue weighted by Gasteiger charge is -2.18. The van der Waals surface area contributed by atoms with E-state index in [2.05, 4.69) is 5.10 Å². The smallest absolute Gasteiger partial charge is 0.244 e. The Labute approximate surface area is 133 Å². The molecule has 0 N–H and O–H groups in total. The zero-order valence-corrected chi connectivity index (χ0v) is 12.8. The molecule has 1 heterocycles. The van der Waals surface area contributed by atoms with E-state index in [1.54, 1.807) is 34.8 Å². The number of hydrogen-bond donors (Lipinski definition) is 0. The summed E-state index contributed by atoms with van der Waals surface area (Å²) in [6, 6.07) is 17.0. The maximum atomic E-state index is 12.4. The first-order chi connectivity index (χ1) is 11.1. The Morgan fingerprint density at radius 1 is 1.09 bits per heavy atom. The molecule has 0 unspecified atom stereocenters. The van der Waals surface area contributed by atoms with E-state index in [1.807, 2.05) is 36.4 Å². The van der Waals surface area contributed by atoms with Crippen LogP contribution >= 0.6 is 0 Å². The zero-order valence-electron chi connectivity index (χ0n) is 12.8. The van der Waals surface area contributed by atoms with Crippen LogP contribution in [0.4, 0.5) is 0 Å². The molecule has 0 bridgehead atoms. The van der Waals surface area contributed by atoms with Crippen molar-refractivity contribution in [3.8, 4) is 0 Å². The lowest BCUT2D eigenvalue weighted by molar-refractivity contribution is -0.131. The summed E-state index contributed by atoms with van der Waals surface area (Å²) in [5.74, 6) is -0.0600. The van der Waals surface area contributed by atoms with Crippen LogP contribution in [0.2, 0.25) is 0 Å². The Bertz CT molecular complexity index is 887. The Morgan fingerprint density at radius 2 is 1.78 bits per heavy atom. The molecule has 2 aromatic carbocycles. The Morgan fingerprint density at radius 3 is 2.57 bits per heavy atom. The highest BCUT2D eigenvalue weighted by Crippen LogP contribution is 2.09. The highest BCUT2D eigenvalue weighted by Gasteiger charge is 2.12. The number of likely N-dealkylation sites (N-methyl/N-ethyl adjacent to an activating group) is 1. The van der Waals surface area contributed by atoms with Gasteiger partial charge in [0.1, 0.15) is 6.54 Å². The van der Waals surface area contributed by atoms with Gasteiger partial charge in [-0.05, 0) is 17.7 Å². The van der Waals surface area contributed by atoms with Crippen LogP contribution in [0.15, 0.2) is 65.6 Å². The maximum absolute atomic E-state index is 12.4. The van der Waals surface area contributed by atoms with Gasteiger partial charge in [-0.2, -0.15) is 5.10 Å². The van der Waals surface area contributed by atoms with Crippen molar-refractivity contribution in [3.63, 3.8) is 0 Å². The van der Waals surface area contributed by atoms with E-state index in [0.717, 1.165) is 5.56 Å². The minimum Gasteiger partial charge on any atom is -0.340 e. The maximum Gasteiger partial charge on any atom is 0.244 e. The molecule has 0 radical (unpaired) electrons. The topological polar surface area (TPSA) is 55.2 Å². The summed E-state index contributed by atoms with van der Waals surface area (Å²) >= 11 is 0. The summed E-state index contributed by atoms with van der Waals surface area (Å²) in [5, 5.41) is 4.66. The third-order valence-electron chi connectivity index (χ3n) is 3.74. The van der Waals surface area contributed by atoms with Crippen LogP contribution in [0, 0.1) is 0 Å². The first kappa shape index (κ1) is 15.0. The fraction of sp³-hybridized carbons (Fsp3) is 0.167. The molecule has 0 spiro atoms. The third-order valence-corrected chi connectivity index (χ3v) is 3.74. The molecule has 5 nitrogen and oxygen atoms in total. The van der Waals surface area contributed by atoms with E-state index in [0.29, 0.717) is 17.4 Å².